The first-order valence-electron chi connectivity index (χ1n) is 5.87. The van der Waals surface area contributed by atoms with Crippen LogP contribution in [0.2, 0.25) is 5.02 Å². The predicted octanol–water partition coefficient (Wildman–Crippen LogP) is 3.81. The minimum Gasteiger partial charge on any atom is -0.383 e. The number of ether oxygens (including phenoxy) is 1. The van der Waals surface area contributed by atoms with E-state index in [1.165, 1.54) is 11.3 Å². The predicted molar refractivity (Wildman–Crippen MR) is 78.6 cm³/mol. The van der Waals surface area contributed by atoms with E-state index in [0.717, 1.165) is 24.0 Å². The summed E-state index contributed by atoms with van der Waals surface area (Å²) in [5.74, 6) is 0. The second-order valence-corrected chi connectivity index (χ2v) is 6.52. The third kappa shape index (κ3) is 4.70. The molecule has 0 aromatic carbocycles. The molecule has 0 bridgehead atoms. The van der Waals surface area contributed by atoms with Crippen molar-refractivity contribution in [1.29, 1.82) is 0 Å². The molecule has 2 heterocycles. The zero-order valence-corrected chi connectivity index (χ0v) is 13.5. The molecule has 2 aromatic heterocycles. The molecule has 0 aliphatic heterocycles. The number of nitrogens with zero attached hydrogens (tertiary/aromatic N) is 3. The number of pyridine rings is 1. The van der Waals surface area contributed by atoms with Crippen molar-refractivity contribution in [2.45, 2.75) is 15.5 Å². The van der Waals surface area contributed by atoms with Crippen molar-refractivity contribution >= 4 is 39.8 Å². The summed E-state index contributed by atoms with van der Waals surface area (Å²) in [5, 5.41) is 11.6. The minimum absolute atomic E-state index is 0.0797. The maximum atomic E-state index is 12.5. The Balaban J connectivity index is 2.05. The lowest BCUT2D eigenvalue weighted by Gasteiger charge is -2.07. The summed E-state index contributed by atoms with van der Waals surface area (Å²) in [5.41, 5.74) is -0.888. The van der Waals surface area contributed by atoms with Crippen LogP contribution in [-0.2, 0) is 10.9 Å². The third-order valence-electron chi connectivity index (χ3n) is 2.31. The van der Waals surface area contributed by atoms with Crippen LogP contribution in [0.25, 0.3) is 0 Å². The molecular formula is C11H10ClF3N4OS2. The zero-order valence-electron chi connectivity index (χ0n) is 11.1. The standard InChI is InChI=1S/C11H10ClF3N4OS2/c1-20-3-2-16-9-18-19-10(22-9)21-8-7(12)4-6(5-17-8)11(13,14)15/h4-5H,2-3H2,1H3,(H,16,18). The first kappa shape index (κ1) is 17.3. The van der Waals surface area contributed by atoms with Crippen molar-refractivity contribution in [3.8, 4) is 0 Å². The van der Waals surface area contributed by atoms with Crippen LogP contribution in [0.15, 0.2) is 21.6 Å². The number of aromatic nitrogens is 3. The third-order valence-corrected chi connectivity index (χ3v) is 4.66. The van der Waals surface area contributed by atoms with Crippen LogP contribution in [0.1, 0.15) is 5.56 Å². The SMILES string of the molecule is COCCNc1nnc(Sc2ncc(C(F)(F)F)cc2Cl)s1. The second kappa shape index (κ2) is 7.44. The van der Waals surface area contributed by atoms with E-state index >= 15 is 0 Å². The number of alkyl halides is 3. The molecule has 2 aromatic rings. The molecule has 0 radical (unpaired) electrons. The van der Waals surface area contributed by atoms with E-state index in [1.807, 2.05) is 0 Å². The highest BCUT2D eigenvalue weighted by Gasteiger charge is 2.31. The van der Waals surface area contributed by atoms with E-state index in [1.54, 1.807) is 7.11 Å². The first-order chi connectivity index (χ1) is 10.4. The van der Waals surface area contributed by atoms with Crippen LogP contribution in [0.5, 0.6) is 0 Å². The molecule has 0 unspecified atom stereocenters. The molecule has 1 N–H and O–H groups in total. The lowest BCUT2D eigenvalue weighted by atomic mass is 10.3. The van der Waals surface area contributed by atoms with Gasteiger partial charge in [0.15, 0.2) is 4.34 Å². The molecule has 11 heteroatoms. The van der Waals surface area contributed by atoms with E-state index < -0.39 is 11.7 Å². The van der Waals surface area contributed by atoms with E-state index in [0.29, 0.717) is 22.6 Å². The summed E-state index contributed by atoms with van der Waals surface area (Å²) in [6.07, 6.45) is -3.73. The topological polar surface area (TPSA) is 59.9 Å². The molecule has 0 atom stereocenters. The molecular weight excluding hydrogens is 361 g/mol. The number of hydrogen-bond acceptors (Lipinski definition) is 7. The average Bonchev–Trinajstić information content (AvgIpc) is 2.88. The van der Waals surface area contributed by atoms with Gasteiger partial charge in [-0.15, -0.1) is 10.2 Å². The number of anilines is 1. The fourth-order valence-electron chi connectivity index (χ4n) is 1.32. The quantitative estimate of drug-likeness (QED) is 0.780. The van der Waals surface area contributed by atoms with Crippen molar-refractivity contribution < 1.29 is 17.9 Å². The van der Waals surface area contributed by atoms with Gasteiger partial charge in [0.2, 0.25) is 5.13 Å². The van der Waals surface area contributed by atoms with Crippen LogP contribution >= 0.6 is 34.7 Å². The Morgan fingerprint density at radius 2 is 2.18 bits per heavy atom. The smallest absolute Gasteiger partial charge is 0.383 e. The van der Waals surface area contributed by atoms with Crippen LogP contribution in [-0.4, -0.2) is 35.4 Å². The largest absolute Gasteiger partial charge is 0.417 e. The summed E-state index contributed by atoms with van der Waals surface area (Å²) >= 11 is 8.14. The van der Waals surface area contributed by atoms with E-state index in [9.17, 15) is 13.2 Å². The fraction of sp³-hybridized carbons (Fsp3) is 0.364. The summed E-state index contributed by atoms with van der Waals surface area (Å²) in [4.78, 5) is 3.73. The lowest BCUT2D eigenvalue weighted by Crippen LogP contribution is -2.06. The van der Waals surface area contributed by atoms with Gasteiger partial charge in [0.1, 0.15) is 5.03 Å². The van der Waals surface area contributed by atoms with Gasteiger partial charge in [-0.1, -0.05) is 22.9 Å². The molecule has 0 amide bonds. The van der Waals surface area contributed by atoms with Crippen molar-refractivity contribution in [1.82, 2.24) is 15.2 Å². The Morgan fingerprint density at radius 3 is 2.82 bits per heavy atom. The maximum absolute atomic E-state index is 12.5. The zero-order chi connectivity index (χ0) is 16.2. The lowest BCUT2D eigenvalue weighted by molar-refractivity contribution is -0.137. The van der Waals surface area contributed by atoms with Gasteiger partial charge in [0.05, 0.1) is 17.2 Å². The Labute approximate surface area is 137 Å². The number of nitrogens with one attached hydrogen (secondary N) is 1. The maximum Gasteiger partial charge on any atom is 0.417 e. The van der Waals surface area contributed by atoms with Crippen molar-refractivity contribution in [2.24, 2.45) is 0 Å². The molecule has 2 rings (SSSR count). The molecule has 5 nitrogen and oxygen atoms in total. The normalized spacial score (nSPS) is 11.7. The van der Waals surface area contributed by atoms with Crippen LogP contribution in [0, 0.1) is 0 Å². The molecule has 0 fully saturated rings. The van der Waals surface area contributed by atoms with Crippen LogP contribution in [0.3, 0.4) is 0 Å². The van der Waals surface area contributed by atoms with Gasteiger partial charge in [0, 0.05) is 19.9 Å². The van der Waals surface area contributed by atoms with Crippen molar-refractivity contribution in [2.75, 3.05) is 25.6 Å². The Hall–Kier alpha value is -1.10. The fourth-order valence-corrected chi connectivity index (χ4v) is 3.25. The summed E-state index contributed by atoms with van der Waals surface area (Å²) < 4.78 is 43.0. The molecule has 0 saturated carbocycles. The van der Waals surface area contributed by atoms with Crippen molar-refractivity contribution in [3.05, 3.63) is 22.8 Å². The monoisotopic (exact) mass is 370 g/mol. The Morgan fingerprint density at radius 1 is 1.41 bits per heavy atom. The van der Waals surface area contributed by atoms with E-state index in [-0.39, 0.29) is 10.0 Å². The highest BCUT2D eigenvalue weighted by atomic mass is 35.5. The number of methoxy groups -OCH3 is 1. The number of rotatable bonds is 6. The van der Waals surface area contributed by atoms with E-state index in [4.69, 9.17) is 16.3 Å². The number of hydrogen-bond donors (Lipinski definition) is 1. The van der Waals surface area contributed by atoms with Crippen LogP contribution < -0.4 is 5.32 Å². The molecule has 0 spiro atoms. The van der Waals surface area contributed by atoms with Gasteiger partial charge in [-0.3, -0.25) is 0 Å². The van der Waals surface area contributed by atoms with E-state index in [2.05, 4.69) is 20.5 Å². The Bertz CT molecular complexity index is 638. The Kier molecular flexibility index (Phi) is 5.84. The van der Waals surface area contributed by atoms with Gasteiger partial charge in [-0.25, -0.2) is 4.98 Å². The second-order valence-electron chi connectivity index (χ2n) is 3.90. The highest BCUT2D eigenvalue weighted by molar-refractivity contribution is 8.01. The molecule has 0 saturated heterocycles. The molecule has 120 valence electrons. The molecule has 22 heavy (non-hydrogen) atoms. The van der Waals surface area contributed by atoms with Gasteiger partial charge in [-0.05, 0) is 17.8 Å². The van der Waals surface area contributed by atoms with Crippen LogP contribution in [0.4, 0.5) is 18.3 Å². The summed E-state index contributed by atoms with van der Waals surface area (Å²) in [6.45, 7) is 1.10. The minimum atomic E-state index is -4.47. The highest BCUT2D eigenvalue weighted by Crippen LogP contribution is 2.37. The summed E-state index contributed by atoms with van der Waals surface area (Å²) in [7, 11) is 1.58. The molecule has 0 aliphatic rings. The first-order valence-corrected chi connectivity index (χ1v) is 7.88. The van der Waals surface area contributed by atoms with Gasteiger partial charge in [0.25, 0.3) is 0 Å². The van der Waals surface area contributed by atoms with Gasteiger partial charge in [-0.2, -0.15) is 13.2 Å². The average molecular weight is 371 g/mol. The molecule has 0 aliphatic carbocycles. The van der Waals surface area contributed by atoms with Gasteiger partial charge < -0.3 is 10.1 Å². The van der Waals surface area contributed by atoms with Gasteiger partial charge >= 0.3 is 6.18 Å². The number of halogens is 4. The summed E-state index contributed by atoms with van der Waals surface area (Å²) in [6, 6.07) is 0.843. The van der Waals surface area contributed by atoms with Crippen molar-refractivity contribution in [3.63, 3.8) is 0 Å².